The smallest absolute Gasteiger partial charge is 0.272 e. The fourth-order valence-electron chi connectivity index (χ4n) is 2.37. The summed E-state index contributed by atoms with van der Waals surface area (Å²) in [6.45, 7) is 6.37. The number of nitro groups is 1. The van der Waals surface area contributed by atoms with E-state index in [-0.39, 0.29) is 11.3 Å². The van der Waals surface area contributed by atoms with Gasteiger partial charge >= 0.3 is 0 Å². The molecule has 0 saturated heterocycles. The molecule has 148 valence electrons. The summed E-state index contributed by atoms with van der Waals surface area (Å²) in [7, 11) is 0. The number of hydrazine groups is 1. The summed E-state index contributed by atoms with van der Waals surface area (Å²) in [5.41, 5.74) is 5.46. The van der Waals surface area contributed by atoms with Gasteiger partial charge in [0.1, 0.15) is 5.75 Å². The minimum Gasteiger partial charge on any atom is -0.494 e. The lowest BCUT2D eigenvalue weighted by Gasteiger charge is -2.10. The summed E-state index contributed by atoms with van der Waals surface area (Å²) in [6, 6.07) is 10.6. The fourth-order valence-corrected chi connectivity index (χ4v) is 2.37. The molecule has 0 aliphatic carbocycles. The van der Waals surface area contributed by atoms with Crippen LogP contribution < -0.4 is 15.6 Å². The predicted octanol–water partition coefficient (Wildman–Crippen LogP) is 3.40. The van der Waals surface area contributed by atoms with Crippen molar-refractivity contribution in [3.05, 3.63) is 69.3 Å². The molecule has 0 saturated carbocycles. The Bertz CT molecular complexity index is 863. The minimum absolute atomic E-state index is 0.0729. The van der Waals surface area contributed by atoms with Crippen LogP contribution in [-0.2, 0) is 0 Å². The highest BCUT2D eigenvalue weighted by atomic mass is 16.6. The Morgan fingerprint density at radius 1 is 1.04 bits per heavy atom. The van der Waals surface area contributed by atoms with E-state index in [1.807, 2.05) is 0 Å². The summed E-state index contributed by atoms with van der Waals surface area (Å²) < 4.78 is 5.60. The first kappa shape index (κ1) is 20.9. The number of rotatable bonds is 7. The van der Waals surface area contributed by atoms with Gasteiger partial charge in [-0.25, -0.2) is 0 Å². The molecule has 0 bridgehead atoms. The van der Waals surface area contributed by atoms with Gasteiger partial charge in [0.05, 0.1) is 11.5 Å². The number of hydrogen-bond acceptors (Lipinski definition) is 5. The van der Waals surface area contributed by atoms with Crippen molar-refractivity contribution in [2.75, 3.05) is 6.61 Å². The summed E-state index contributed by atoms with van der Waals surface area (Å²) in [5, 5.41) is 10.8. The standard InChI is InChI=1S/C20H23N3O5/c1-13(2)10-11-28-17-7-4-15(5-8-17)19(24)21-22-20(25)16-6-9-18(23(26)27)14(3)12-16/h4-9,12-13H,10-11H2,1-3H3,(H,21,24)(H,22,25). The molecule has 0 atom stereocenters. The van der Waals surface area contributed by atoms with Gasteiger partial charge in [-0.05, 0) is 55.7 Å². The van der Waals surface area contributed by atoms with Crippen molar-refractivity contribution < 1.29 is 19.2 Å². The Morgan fingerprint density at radius 3 is 2.14 bits per heavy atom. The monoisotopic (exact) mass is 385 g/mol. The minimum atomic E-state index is -0.569. The Morgan fingerprint density at radius 2 is 1.61 bits per heavy atom. The van der Waals surface area contributed by atoms with Crippen LogP contribution in [0.25, 0.3) is 0 Å². The van der Waals surface area contributed by atoms with E-state index in [0.717, 1.165) is 6.42 Å². The number of carbonyl (C=O) groups is 2. The summed E-state index contributed by atoms with van der Waals surface area (Å²) in [5.74, 6) is 0.163. The Kier molecular flexibility index (Phi) is 7.08. The van der Waals surface area contributed by atoms with Gasteiger partial charge in [-0.2, -0.15) is 0 Å². The molecule has 0 unspecified atom stereocenters. The molecule has 0 heterocycles. The number of benzene rings is 2. The van der Waals surface area contributed by atoms with Crippen LogP contribution in [0.3, 0.4) is 0 Å². The van der Waals surface area contributed by atoms with E-state index >= 15 is 0 Å². The predicted molar refractivity (Wildman–Crippen MR) is 104 cm³/mol. The second-order valence-corrected chi connectivity index (χ2v) is 6.72. The van der Waals surface area contributed by atoms with E-state index in [0.29, 0.717) is 29.4 Å². The zero-order valence-electron chi connectivity index (χ0n) is 16.0. The van der Waals surface area contributed by atoms with E-state index in [2.05, 4.69) is 24.7 Å². The molecule has 2 aromatic carbocycles. The number of nitro benzene ring substituents is 1. The molecule has 0 radical (unpaired) electrons. The third-order valence-electron chi connectivity index (χ3n) is 4.03. The second kappa shape index (κ2) is 9.50. The molecule has 0 spiro atoms. The van der Waals surface area contributed by atoms with Gasteiger partial charge in [-0.3, -0.25) is 30.6 Å². The number of carbonyl (C=O) groups excluding carboxylic acids is 2. The van der Waals surface area contributed by atoms with Crippen molar-refractivity contribution in [2.24, 2.45) is 5.92 Å². The molecule has 2 aromatic rings. The fraction of sp³-hybridized carbons (Fsp3) is 0.300. The van der Waals surface area contributed by atoms with Crippen LogP contribution in [0, 0.1) is 23.0 Å². The summed E-state index contributed by atoms with van der Waals surface area (Å²) in [4.78, 5) is 34.6. The van der Waals surface area contributed by atoms with Crippen LogP contribution in [0.1, 0.15) is 46.5 Å². The van der Waals surface area contributed by atoms with Crippen LogP contribution in [0.15, 0.2) is 42.5 Å². The summed E-state index contributed by atoms with van der Waals surface area (Å²) >= 11 is 0. The quantitative estimate of drug-likeness (QED) is 0.560. The molecule has 8 heteroatoms. The number of nitrogens with zero attached hydrogens (tertiary/aromatic N) is 1. The largest absolute Gasteiger partial charge is 0.494 e. The van der Waals surface area contributed by atoms with Crippen LogP contribution in [0.5, 0.6) is 5.75 Å². The van der Waals surface area contributed by atoms with Crippen molar-refractivity contribution in [1.82, 2.24) is 10.9 Å². The Hall–Kier alpha value is -3.42. The van der Waals surface area contributed by atoms with Gasteiger partial charge in [0, 0.05) is 22.8 Å². The molecule has 2 amide bonds. The van der Waals surface area contributed by atoms with Crippen LogP contribution in [0.2, 0.25) is 0 Å². The SMILES string of the molecule is Cc1cc(C(=O)NNC(=O)c2ccc(OCCC(C)C)cc2)ccc1[N+](=O)[O-]. The highest BCUT2D eigenvalue weighted by Gasteiger charge is 2.14. The average Bonchev–Trinajstić information content (AvgIpc) is 2.65. The van der Waals surface area contributed by atoms with Crippen LogP contribution in [0.4, 0.5) is 5.69 Å². The van der Waals surface area contributed by atoms with Crippen LogP contribution in [-0.4, -0.2) is 23.3 Å². The van der Waals surface area contributed by atoms with Crippen molar-refractivity contribution in [2.45, 2.75) is 27.2 Å². The Balaban J connectivity index is 1.90. The maximum Gasteiger partial charge on any atom is 0.272 e. The van der Waals surface area contributed by atoms with Gasteiger partial charge < -0.3 is 4.74 Å². The molecule has 0 fully saturated rings. The summed E-state index contributed by atoms with van der Waals surface area (Å²) in [6.07, 6.45) is 0.941. The lowest BCUT2D eigenvalue weighted by atomic mass is 10.1. The normalized spacial score (nSPS) is 10.4. The van der Waals surface area contributed by atoms with Crippen molar-refractivity contribution in [3.63, 3.8) is 0 Å². The topological polar surface area (TPSA) is 111 Å². The van der Waals surface area contributed by atoms with E-state index < -0.39 is 16.7 Å². The van der Waals surface area contributed by atoms with Gasteiger partial charge in [0.25, 0.3) is 17.5 Å². The first-order chi connectivity index (χ1) is 13.3. The molecule has 0 aromatic heterocycles. The van der Waals surface area contributed by atoms with E-state index in [9.17, 15) is 19.7 Å². The maximum absolute atomic E-state index is 12.1. The first-order valence-electron chi connectivity index (χ1n) is 8.86. The van der Waals surface area contributed by atoms with E-state index in [1.165, 1.54) is 25.1 Å². The van der Waals surface area contributed by atoms with Crippen molar-refractivity contribution in [3.8, 4) is 5.75 Å². The van der Waals surface area contributed by atoms with Gasteiger partial charge in [0.15, 0.2) is 0 Å². The van der Waals surface area contributed by atoms with Gasteiger partial charge in [0.2, 0.25) is 0 Å². The molecular formula is C20H23N3O5. The lowest BCUT2D eigenvalue weighted by Crippen LogP contribution is -2.41. The third kappa shape index (κ3) is 5.80. The number of amides is 2. The third-order valence-corrected chi connectivity index (χ3v) is 4.03. The van der Waals surface area contributed by atoms with Gasteiger partial charge in [-0.1, -0.05) is 13.8 Å². The number of hydrogen-bond donors (Lipinski definition) is 2. The molecule has 0 aliphatic rings. The Labute approximate surface area is 163 Å². The molecule has 28 heavy (non-hydrogen) atoms. The molecule has 2 N–H and O–H groups in total. The number of ether oxygens (including phenoxy) is 1. The van der Waals surface area contributed by atoms with Crippen molar-refractivity contribution >= 4 is 17.5 Å². The zero-order chi connectivity index (χ0) is 20.7. The zero-order valence-corrected chi connectivity index (χ0v) is 16.0. The highest BCUT2D eigenvalue weighted by molar-refractivity contribution is 5.99. The van der Waals surface area contributed by atoms with Gasteiger partial charge in [-0.15, -0.1) is 0 Å². The van der Waals surface area contributed by atoms with Crippen LogP contribution >= 0.6 is 0 Å². The van der Waals surface area contributed by atoms with E-state index in [1.54, 1.807) is 24.3 Å². The van der Waals surface area contributed by atoms with E-state index in [4.69, 9.17) is 4.74 Å². The lowest BCUT2D eigenvalue weighted by molar-refractivity contribution is -0.385. The number of nitrogens with one attached hydrogen (secondary N) is 2. The molecule has 2 rings (SSSR count). The van der Waals surface area contributed by atoms with Crippen molar-refractivity contribution in [1.29, 1.82) is 0 Å². The molecule has 0 aliphatic heterocycles. The number of aryl methyl sites for hydroxylation is 1. The first-order valence-corrected chi connectivity index (χ1v) is 8.86. The average molecular weight is 385 g/mol. The second-order valence-electron chi connectivity index (χ2n) is 6.72. The maximum atomic E-state index is 12.1. The molecule has 8 nitrogen and oxygen atoms in total. The highest BCUT2D eigenvalue weighted by Crippen LogP contribution is 2.18. The molecular weight excluding hydrogens is 362 g/mol.